The van der Waals surface area contributed by atoms with E-state index in [-0.39, 0.29) is 5.78 Å². The van der Waals surface area contributed by atoms with Crippen LogP contribution >= 0.6 is 11.3 Å². The van der Waals surface area contributed by atoms with Crippen molar-refractivity contribution in [2.24, 2.45) is 0 Å². The van der Waals surface area contributed by atoms with Crippen molar-refractivity contribution < 1.29 is 9.21 Å². The number of ketones is 1. The number of carbonyl (C=O) groups is 1. The van der Waals surface area contributed by atoms with Crippen LogP contribution in [0.5, 0.6) is 0 Å². The normalized spacial score (nSPS) is 10.4. The standard InChI is InChI=1S/C10H9NO2S/c1-6-3-8(4-13-6)10(12)9-5-14-7(2)11-9/h3-5H,1-2H3. The largest absolute Gasteiger partial charge is 0.469 e. The molecule has 2 aromatic heterocycles. The molecular weight excluding hydrogens is 198 g/mol. The summed E-state index contributed by atoms with van der Waals surface area (Å²) in [6.45, 7) is 3.69. The third-order valence-corrected chi connectivity index (χ3v) is 2.62. The highest BCUT2D eigenvalue weighted by atomic mass is 32.1. The Balaban J connectivity index is 2.33. The molecule has 0 N–H and O–H groups in total. The Kier molecular flexibility index (Phi) is 2.21. The highest BCUT2D eigenvalue weighted by molar-refractivity contribution is 7.09. The zero-order valence-electron chi connectivity index (χ0n) is 7.90. The molecule has 0 aliphatic rings. The molecule has 0 aromatic carbocycles. The van der Waals surface area contributed by atoms with E-state index in [4.69, 9.17) is 4.42 Å². The van der Waals surface area contributed by atoms with Crippen molar-refractivity contribution in [3.8, 4) is 0 Å². The van der Waals surface area contributed by atoms with Gasteiger partial charge in [0.25, 0.3) is 0 Å². The van der Waals surface area contributed by atoms with E-state index < -0.39 is 0 Å². The predicted molar refractivity (Wildman–Crippen MR) is 53.7 cm³/mol. The number of hydrogen-bond donors (Lipinski definition) is 0. The predicted octanol–water partition coefficient (Wildman–Crippen LogP) is 2.58. The van der Waals surface area contributed by atoms with Crippen molar-refractivity contribution in [3.63, 3.8) is 0 Å². The van der Waals surface area contributed by atoms with Gasteiger partial charge in [-0.1, -0.05) is 0 Å². The average molecular weight is 207 g/mol. The van der Waals surface area contributed by atoms with Gasteiger partial charge in [0.2, 0.25) is 5.78 Å². The summed E-state index contributed by atoms with van der Waals surface area (Å²) < 4.78 is 5.07. The summed E-state index contributed by atoms with van der Waals surface area (Å²) in [5.74, 6) is 0.659. The highest BCUT2D eigenvalue weighted by Gasteiger charge is 2.13. The lowest BCUT2D eigenvalue weighted by atomic mass is 10.2. The second kappa shape index (κ2) is 3.38. The summed E-state index contributed by atoms with van der Waals surface area (Å²) in [6.07, 6.45) is 1.46. The number of aryl methyl sites for hydroxylation is 2. The molecule has 0 unspecified atom stereocenters. The van der Waals surface area contributed by atoms with Gasteiger partial charge in [-0.2, -0.15) is 0 Å². The molecule has 0 saturated carbocycles. The Bertz CT molecular complexity index is 428. The molecule has 72 valence electrons. The number of rotatable bonds is 2. The van der Waals surface area contributed by atoms with Crippen LogP contribution in [0, 0.1) is 13.8 Å². The van der Waals surface area contributed by atoms with Crippen LogP contribution in [0.1, 0.15) is 26.8 Å². The van der Waals surface area contributed by atoms with Gasteiger partial charge in [0.15, 0.2) is 0 Å². The summed E-state index contributed by atoms with van der Waals surface area (Å²) in [6, 6.07) is 1.72. The van der Waals surface area contributed by atoms with Gasteiger partial charge in [0.05, 0.1) is 10.6 Å². The van der Waals surface area contributed by atoms with E-state index in [9.17, 15) is 4.79 Å². The van der Waals surface area contributed by atoms with Crippen molar-refractivity contribution >= 4 is 17.1 Å². The Hall–Kier alpha value is -1.42. The van der Waals surface area contributed by atoms with E-state index in [1.165, 1.54) is 17.6 Å². The Morgan fingerprint density at radius 1 is 1.50 bits per heavy atom. The first-order chi connectivity index (χ1) is 6.66. The Labute approximate surface area is 85.4 Å². The maximum absolute atomic E-state index is 11.8. The summed E-state index contributed by atoms with van der Waals surface area (Å²) in [7, 11) is 0. The van der Waals surface area contributed by atoms with Crippen LogP contribution in [-0.2, 0) is 0 Å². The second-order valence-corrected chi connectivity index (χ2v) is 4.09. The van der Waals surface area contributed by atoms with Crippen LogP contribution < -0.4 is 0 Å². The lowest BCUT2D eigenvalue weighted by molar-refractivity contribution is 0.103. The Morgan fingerprint density at radius 3 is 2.79 bits per heavy atom. The molecule has 2 aromatic rings. The zero-order chi connectivity index (χ0) is 10.1. The van der Waals surface area contributed by atoms with E-state index in [0.717, 1.165) is 10.8 Å². The van der Waals surface area contributed by atoms with Gasteiger partial charge >= 0.3 is 0 Å². The molecule has 0 aliphatic carbocycles. The van der Waals surface area contributed by atoms with E-state index in [2.05, 4.69) is 4.98 Å². The van der Waals surface area contributed by atoms with Crippen molar-refractivity contribution in [2.45, 2.75) is 13.8 Å². The van der Waals surface area contributed by atoms with E-state index in [1.54, 1.807) is 11.4 Å². The first kappa shape index (κ1) is 9.15. The summed E-state index contributed by atoms with van der Waals surface area (Å²) in [5.41, 5.74) is 1.06. The van der Waals surface area contributed by atoms with Crippen molar-refractivity contribution in [1.82, 2.24) is 4.98 Å². The fraction of sp³-hybridized carbons (Fsp3) is 0.200. The van der Waals surface area contributed by atoms with Gasteiger partial charge in [0.1, 0.15) is 17.7 Å². The first-order valence-electron chi connectivity index (χ1n) is 4.19. The van der Waals surface area contributed by atoms with Gasteiger partial charge in [-0.25, -0.2) is 4.98 Å². The number of thiazole rings is 1. The fourth-order valence-corrected chi connectivity index (χ4v) is 1.77. The third kappa shape index (κ3) is 1.61. The van der Waals surface area contributed by atoms with Crippen LogP contribution in [0.4, 0.5) is 0 Å². The molecule has 0 saturated heterocycles. The summed E-state index contributed by atoms with van der Waals surface area (Å²) >= 11 is 1.47. The monoisotopic (exact) mass is 207 g/mol. The minimum atomic E-state index is -0.0776. The van der Waals surface area contributed by atoms with Crippen LogP contribution in [0.3, 0.4) is 0 Å². The molecule has 0 bridgehead atoms. The maximum Gasteiger partial charge on any atom is 0.215 e. The molecule has 2 heterocycles. The second-order valence-electron chi connectivity index (χ2n) is 3.03. The van der Waals surface area contributed by atoms with Crippen LogP contribution in [0.15, 0.2) is 22.1 Å². The molecule has 0 atom stereocenters. The summed E-state index contributed by atoms with van der Waals surface area (Å²) in [5, 5.41) is 2.66. The van der Waals surface area contributed by atoms with Gasteiger partial charge in [-0.3, -0.25) is 4.79 Å². The van der Waals surface area contributed by atoms with Gasteiger partial charge < -0.3 is 4.42 Å². The Morgan fingerprint density at radius 2 is 2.29 bits per heavy atom. The van der Waals surface area contributed by atoms with Crippen molar-refractivity contribution in [2.75, 3.05) is 0 Å². The van der Waals surface area contributed by atoms with E-state index >= 15 is 0 Å². The smallest absolute Gasteiger partial charge is 0.215 e. The number of aromatic nitrogens is 1. The van der Waals surface area contributed by atoms with Crippen LogP contribution in [-0.4, -0.2) is 10.8 Å². The topological polar surface area (TPSA) is 43.1 Å². The van der Waals surface area contributed by atoms with Crippen molar-refractivity contribution in [3.05, 3.63) is 39.7 Å². The lowest BCUT2D eigenvalue weighted by Crippen LogP contribution is -1.99. The first-order valence-corrected chi connectivity index (χ1v) is 5.07. The van der Waals surface area contributed by atoms with Crippen LogP contribution in [0.2, 0.25) is 0 Å². The van der Waals surface area contributed by atoms with Crippen LogP contribution in [0.25, 0.3) is 0 Å². The zero-order valence-corrected chi connectivity index (χ0v) is 8.72. The van der Waals surface area contributed by atoms with Gasteiger partial charge in [-0.05, 0) is 19.9 Å². The van der Waals surface area contributed by atoms with Crippen molar-refractivity contribution in [1.29, 1.82) is 0 Å². The lowest BCUT2D eigenvalue weighted by Gasteiger charge is -1.89. The molecule has 0 aliphatic heterocycles. The minimum absolute atomic E-state index is 0.0776. The average Bonchev–Trinajstić information content (AvgIpc) is 2.73. The van der Waals surface area contributed by atoms with Gasteiger partial charge in [0, 0.05) is 5.38 Å². The molecule has 0 fully saturated rings. The van der Waals surface area contributed by atoms with Gasteiger partial charge in [-0.15, -0.1) is 11.3 Å². The fourth-order valence-electron chi connectivity index (χ4n) is 1.18. The molecule has 4 heteroatoms. The SMILES string of the molecule is Cc1cc(C(=O)c2csc(C)n2)co1. The molecule has 0 amide bonds. The molecule has 14 heavy (non-hydrogen) atoms. The quantitative estimate of drug-likeness (QED) is 0.711. The van der Waals surface area contributed by atoms with E-state index in [0.29, 0.717) is 11.3 Å². The third-order valence-electron chi connectivity index (χ3n) is 1.84. The molecular formula is C10H9NO2S. The summed E-state index contributed by atoms with van der Waals surface area (Å²) in [4.78, 5) is 15.9. The number of nitrogens with zero attached hydrogens (tertiary/aromatic N) is 1. The molecule has 0 spiro atoms. The molecule has 2 rings (SSSR count). The number of furan rings is 1. The molecule has 3 nitrogen and oxygen atoms in total. The minimum Gasteiger partial charge on any atom is -0.469 e. The highest BCUT2D eigenvalue weighted by Crippen LogP contribution is 2.15. The number of hydrogen-bond acceptors (Lipinski definition) is 4. The molecule has 0 radical (unpaired) electrons. The maximum atomic E-state index is 11.8. The van der Waals surface area contributed by atoms with E-state index in [1.807, 2.05) is 13.8 Å². The number of carbonyl (C=O) groups excluding carboxylic acids is 1.